The maximum atomic E-state index is 11.4. The molecule has 4 heteroatoms. The van der Waals surface area contributed by atoms with Gasteiger partial charge in [0, 0.05) is 12.6 Å². The molecule has 0 aromatic heterocycles. The Hall–Kier alpha value is -2.02. The van der Waals surface area contributed by atoms with Crippen LogP contribution in [0.4, 0.5) is 4.79 Å². The van der Waals surface area contributed by atoms with E-state index in [2.05, 4.69) is 16.7 Å². The molecule has 4 nitrogen and oxygen atoms in total. The molecule has 2 amide bonds. The molecule has 1 aromatic carbocycles. The Labute approximate surface area is 94.3 Å². The first-order valence-corrected chi connectivity index (χ1v) is 5.32. The van der Waals surface area contributed by atoms with Crippen molar-refractivity contribution >= 4 is 6.03 Å². The molecule has 0 bridgehead atoms. The number of carbonyl (C=O) groups excluding carboxylic acids is 1. The van der Waals surface area contributed by atoms with Gasteiger partial charge in [-0.15, -0.1) is 0 Å². The lowest BCUT2D eigenvalue weighted by Gasteiger charge is -2.07. The summed E-state index contributed by atoms with van der Waals surface area (Å²) in [6.45, 7) is 0.391. The standard InChI is InChI=1S/C12H13N3O/c13-7-9-3-1-2-4-10(9)8-14-12(16)15-11-5-6-11/h1-4,11H,5-6,8H2,(H2,14,15,16). The van der Waals surface area contributed by atoms with Gasteiger partial charge in [-0.1, -0.05) is 18.2 Å². The van der Waals surface area contributed by atoms with Crippen LogP contribution < -0.4 is 10.6 Å². The van der Waals surface area contributed by atoms with Gasteiger partial charge in [0.15, 0.2) is 0 Å². The largest absolute Gasteiger partial charge is 0.335 e. The molecule has 1 aliphatic rings. The van der Waals surface area contributed by atoms with Gasteiger partial charge >= 0.3 is 6.03 Å². The van der Waals surface area contributed by atoms with E-state index in [-0.39, 0.29) is 6.03 Å². The SMILES string of the molecule is N#Cc1ccccc1CNC(=O)NC1CC1. The highest BCUT2D eigenvalue weighted by Gasteiger charge is 2.22. The molecular weight excluding hydrogens is 202 g/mol. The van der Waals surface area contributed by atoms with E-state index in [4.69, 9.17) is 5.26 Å². The lowest BCUT2D eigenvalue weighted by molar-refractivity contribution is 0.240. The van der Waals surface area contributed by atoms with Gasteiger partial charge in [0.25, 0.3) is 0 Å². The summed E-state index contributed by atoms with van der Waals surface area (Å²) in [4.78, 5) is 11.4. The van der Waals surface area contributed by atoms with Crippen molar-refractivity contribution in [2.45, 2.75) is 25.4 Å². The molecule has 0 unspecified atom stereocenters. The molecule has 0 aliphatic heterocycles. The fraction of sp³-hybridized carbons (Fsp3) is 0.333. The Morgan fingerprint density at radius 3 is 2.88 bits per heavy atom. The topological polar surface area (TPSA) is 64.9 Å². The Balaban J connectivity index is 1.88. The number of hydrogen-bond donors (Lipinski definition) is 2. The number of hydrogen-bond acceptors (Lipinski definition) is 2. The van der Waals surface area contributed by atoms with Crippen LogP contribution in [0.25, 0.3) is 0 Å². The Morgan fingerprint density at radius 1 is 1.44 bits per heavy atom. The van der Waals surface area contributed by atoms with Crippen molar-refractivity contribution < 1.29 is 4.79 Å². The molecule has 0 spiro atoms. The van der Waals surface area contributed by atoms with E-state index >= 15 is 0 Å². The van der Waals surface area contributed by atoms with Crippen LogP contribution in [0, 0.1) is 11.3 Å². The quantitative estimate of drug-likeness (QED) is 0.802. The second-order valence-corrected chi connectivity index (χ2v) is 3.87. The minimum absolute atomic E-state index is 0.157. The first kappa shape index (κ1) is 10.5. The lowest BCUT2D eigenvalue weighted by atomic mass is 10.1. The number of benzene rings is 1. The molecule has 16 heavy (non-hydrogen) atoms. The number of carbonyl (C=O) groups is 1. The van der Waals surface area contributed by atoms with Crippen molar-refractivity contribution in [1.29, 1.82) is 5.26 Å². The van der Waals surface area contributed by atoms with Crippen LogP contribution >= 0.6 is 0 Å². The maximum absolute atomic E-state index is 11.4. The van der Waals surface area contributed by atoms with Crippen LogP contribution in [0.15, 0.2) is 24.3 Å². The molecule has 1 aliphatic carbocycles. The average molecular weight is 215 g/mol. The summed E-state index contributed by atoms with van der Waals surface area (Å²) in [5.41, 5.74) is 1.45. The second-order valence-electron chi connectivity index (χ2n) is 3.87. The highest BCUT2D eigenvalue weighted by Crippen LogP contribution is 2.18. The van der Waals surface area contributed by atoms with Crippen molar-refractivity contribution in [2.75, 3.05) is 0 Å². The van der Waals surface area contributed by atoms with E-state index in [0.29, 0.717) is 18.2 Å². The maximum Gasteiger partial charge on any atom is 0.315 e. The predicted molar refractivity (Wildman–Crippen MR) is 59.6 cm³/mol. The lowest BCUT2D eigenvalue weighted by Crippen LogP contribution is -2.36. The third-order valence-corrected chi connectivity index (χ3v) is 2.49. The number of nitrogens with zero attached hydrogens (tertiary/aromatic N) is 1. The van der Waals surface area contributed by atoms with Gasteiger partial charge in [-0.05, 0) is 24.5 Å². The molecule has 1 aromatic rings. The van der Waals surface area contributed by atoms with Crippen LogP contribution in [0.3, 0.4) is 0 Å². The van der Waals surface area contributed by atoms with Crippen LogP contribution in [-0.2, 0) is 6.54 Å². The molecule has 82 valence electrons. The summed E-state index contributed by atoms with van der Waals surface area (Å²) in [7, 11) is 0. The van der Waals surface area contributed by atoms with Gasteiger partial charge < -0.3 is 10.6 Å². The van der Waals surface area contributed by atoms with Gasteiger partial charge in [-0.3, -0.25) is 0 Å². The summed E-state index contributed by atoms with van der Waals surface area (Å²) in [5.74, 6) is 0. The van der Waals surface area contributed by atoms with Crippen molar-refractivity contribution in [1.82, 2.24) is 10.6 Å². The Morgan fingerprint density at radius 2 is 2.19 bits per heavy atom. The minimum atomic E-state index is -0.157. The van der Waals surface area contributed by atoms with Crippen LogP contribution in [0.1, 0.15) is 24.0 Å². The highest BCUT2D eigenvalue weighted by atomic mass is 16.2. The summed E-state index contributed by atoms with van der Waals surface area (Å²) in [6.07, 6.45) is 2.14. The summed E-state index contributed by atoms with van der Waals surface area (Å²) in [5, 5.41) is 14.4. The van der Waals surface area contributed by atoms with Crippen LogP contribution in [0.2, 0.25) is 0 Å². The number of amides is 2. The Kier molecular flexibility index (Phi) is 3.06. The van der Waals surface area contributed by atoms with E-state index in [9.17, 15) is 4.79 Å². The predicted octanol–water partition coefficient (Wildman–Crippen LogP) is 1.52. The second kappa shape index (κ2) is 4.67. The molecule has 0 atom stereocenters. The molecule has 2 N–H and O–H groups in total. The first-order valence-electron chi connectivity index (χ1n) is 5.32. The minimum Gasteiger partial charge on any atom is -0.335 e. The van der Waals surface area contributed by atoms with E-state index in [1.807, 2.05) is 18.2 Å². The van der Waals surface area contributed by atoms with E-state index < -0.39 is 0 Å². The Bertz CT molecular complexity index is 432. The highest BCUT2D eigenvalue weighted by molar-refractivity contribution is 5.74. The molecule has 1 saturated carbocycles. The van der Waals surface area contributed by atoms with Gasteiger partial charge in [-0.25, -0.2) is 4.79 Å². The zero-order valence-electron chi connectivity index (χ0n) is 8.86. The van der Waals surface area contributed by atoms with Gasteiger partial charge in [0.2, 0.25) is 0 Å². The van der Waals surface area contributed by atoms with Crippen molar-refractivity contribution in [2.24, 2.45) is 0 Å². The number of nitrogens with one attached hydrogen (secondary N) is 2. The van der Waals surface area contributed by atoms with Crippen LogP contribution in [0.5, 0.6) is 0 Å². The zero-order valence-corrected chi connectivity index (χ0v) is 8.86. The molecule has 0 radical (unpaired) electrons. The third kappa shape index (κ3) is 2.74. The van der Waals surface area contributed by atoms with Gasteiger partial charge in [0.1, 0.15) is 0 Å². The molecule has 0 saturated heterocycles. The van der Waals surface area contributed by atoms with Gasteiger partial charge in [0.05, 0.1) is 11.6 Å². The zero-order chi connectivity index (χ0) is 11.4. The van der Waals surface area contributed by atoms with Gasteiger partial charge in [-0.2, -0.15) is 5.26 Å². The fourth-order valence-electron chi connectivity index (χ4n) is 1.42. The molecule has 2 rings (SSSR count). The van der Waals surface area contributed by atoms with Crippen LogP contribution in [-0.4, -0.2) is 12.1 Å². The monoisotopic (exact) mass is 215 g/mol. The van der Waals surface area contributed by atoms with E-state index in [1.165, 1.54) is 0 Å². The van der Waals surface area contributed by atoms with Crippen molar-refractivity contribution in [3.8, 4) is 6.07 Å². The van der Waals surface area contributed by atoms with Crippen molar-refractivity contribution in [3.63, 3.8) is 0 Å². The average Bonchev–Trinajstić information content (AvgIpc) is 3.10. The summed E-state index contributed by atoms with van der Waals surface area (Å²) >= 11 is 0. The number of rotatable bonds is 3. The van der Waals surface area contributed by atoms with Crippen molar-refractivity contribution in [3.05, 3.63) is 35.4 Å². The molecular formula is C12H13N3O. The number of urea groups is 1. The fourth-order valence-corrected chi connectivity index (χ4v) is 1.42. The normalized spacial score (nSPS) is 13.9. The van der Waals surface area contributed by atoms with E-state index in [0.717, 1.165) is 18.4 Å². The molecule has 1 fully saturated rings. The summed E-state index contributed by atoms with van der Waals surface area (Å²) < 4.78 is 0. The summed E-state index contributed by atoms with van der Waals surface area (Å²) in [6, 6.07) is 9.56. The third-order valence-electron chi connectivity index (χ3n) is 2.49. The molecule has 0 heterocycles. The first-order chi connectivity index (χ1) is 7.79. The smallest absolute Gasteiger partial charge is 0.315 e. The number of nitriles is 1. The van der Waals surface area contributed by atoms with E-state index in [1.54, 1.807) is 6.07 Å².